The van der Waals surface area contributed by atoms with E-state index < -0.39 is 0 Å². The fraction of sp³-hybridized carbons (Fsp3) is 0.294. The van der Waals surface area contributed by atoms with E-state index in [4.69, 9.17) is 0 Å². The Morgan fingerprint density at radius 1 is 1.23 bits per heavy atom. The topological polar surface area (TPSA) is 57.3 Å². The zero-order valence-electron chi connectivity index (χ0n) is 12.4. The number of nitrogens with zero attached hydrogens (tertiary/aromatic N) is 2. The SMILES string of the molecule is O=C(Nc1cccnc1)N[C@H]1CCN(Cc2ccccc2)C1. The number of hydrogen-bond donors (Lipinski definition) is 2. The lowest BCUT2D eigenvalue weighted by Crippen LogP contribution is -2.39. The van der Waals surface area contributed by atoms with Gasteiger partial charge >= 0.3 is 6.03 Å². The number of carbonyl (C=O) groups is 1. The highest BCUT2D eigenvalue weighted by Gasteiger charge is 2.23. The molecule has 1 fully saturated rings. The van der Waals surface area contributed by atoms with Gasteiger partial charge in [-0.3, -0.25) is 9.88 Å². The molecule has 0 bridgehead atoms. The van der Waals surface area contributed by atoms with Crippen LogP contribution in [0, 0.1) is 0 Å². The minimum atomic E-state index is -0.167. The monoisotopic (exact) mass is 296 g/mol. The van der Waals surface area contributed by atoms with Crippen LogP contribution >= 0.6 is 0 Å². The lowest BCUT2D eigenvalue weighted by Gasteiger charge is -2.17. The van der Waals surface area contributed by atoms with E-state index in [1.807, 2.05) is 12.1 Å². The van der Waals surface area contributed by atoms with Gasteiger partial charge in [0.15, 0.2) is 0 Å². The van der Waals surface area contributed by atoms with E-state index >= 15 is 0 Å². The summed E-state index contributed by atoms with van der Waals surface area (Å²) in [7, 11) is 0. The Labute approximate surface area is 130 Å². The molecule has 5 nitrogen and oxygen atoms in total. The molecule has 2 amide bonds. The summed E-state index contributed by atoms with van der Waals surface area (Å²) in [6, 6.07) is 14.1. The zero-order chi connectivity index (χ0) is 15.2. The Bertz CT molecular complexity index is 603. The van der Waals surface area contributed by atoms with Crippen molar-refractivity contribution in [3.63, 3.8) is 0 Å². The normalized spacial score (nSPS) is 18.1. The van der Waals surface area contributed by atoms with Crippen LogP contribution < -0.4 is 10.6 Å². The third-order valence-corrected chi connectivity index (χ3v) is 3.78. The van der Waals surface area contributed by atoms with Crippen LogP contribution in [0.15, 0.2) is 54.9 Å². The van der Waals surface area contributed by atoms with Gasteiger partial charge in [0.25, 0.3) is 0 Å². The Morgan fingerprint density at radius 3 is 2.86 bits per heavy atom. The molecule has 114 valence electrons. The van der Waals surface area contributed by atoms with Crippen LogP contribution in [0.3, 0.4) is 0 Å². The number of hydrogen-bond acceptors (Lipinski definition) is 3. The molecule has 0 saturated carbocycles. The van der Waals surface area contributed by atoms with Gasteiger partial charge in [0, 0.05) is 31.9 Å². The maximum absolute atomic E-state index is 12.0. The molecule has 1 aliphatic heterocycles. The predicted octanol–water partition coefficient (Wildman–Crippen LogP) is 2.48. The van der Waals surface area contributed by atoms with Gasteiger partial charge in [0.05, 0.1) is 11.9 Å². The van der Waals surface area contributed by atoms with E-state index in [9.17, 15) is 4.79 Å². The molecule has 2 aromatic rings. The molecule has 5 heteroatoms. The third kappa shape index (κ3) is 4.05. The van der Waals surface area contributed by atoms with Crippen molar-refractivity contribution in [1.82, 2.24) is 15.2 Å². The summed E-state index contributed by atoms with van der Waals surface area (Å²) in [5, 5.41) is 5.83. The average Bonchev–Trinajstić information content (AvgIpc) is 2.96. The Kier molecular flexibility index (Phi) is 4.65. The number of nitrogens with one attached hydrogen (secondary N) is 2. The molecule has 1 atom stereocenters. The molecule has 3 rings (SSSR count). The van der Waals surface area contributed by atoms with Crippen molar-refractivity contribution in [2.24, 2.45) is 0 Å². The summed E-state index contributed by atoms with van der Waals surface area (Å²) in [5.41, 5.74) is 2.02. The van der Waals surface area contributed by atoms with E-state index in [1.54, 1.807) is 18.5 Å². The molecular weight excluding hydrogens is 276 g/mol. The number of amides is 2. The second-order valence-corrected chi connectivity index (χ2v) is 5.55. The van der Waals surface area contributed by atoms with Crippen LogP contribution in [0.2, 0.25) is 0 Å². The van der Waals surface area contributed by atoms with E-state index in [2.05, 4.69) is 44.8 Å². The minimum absolute atomic E-state index is 0.167. The number of rotatable bonds is 4. The number of urea groups is 1. The standard InChI is InChI=1S/C17H20N4O/c22-17(19-15-7-4-9-18-11-15)20-16-8-10-21(13-16)12-14-5-2-1-3-6-14/h1-7,9,11,16H,8,10,12-13H2,(H2,19,20,22)/t16-/m0/s1. The van der Waals surface area contributed by atoms with Crippen molar-refractivity contribution < 1.29 is 4.79 Å². The molecule has 1 saturated heterocycles. The van der Waals surface area contributed by atoms with Crippen molar-refractivity contribution in [2.45, 2.75) is 19.0 Å². The first-order chi connectivity index (χ1) is 10.8. The molecule has 0 spiro atoms. The molecule has 1 aliphatic rings. The van der Waals surface area contributed by atoms with Crippen molar-refractivity contribution in [3.8, 4) is 0 Å². The number of benzene rings is 1. The van der Waals surface area contributed by atoms with Gasteiger partial charge in [-0.25, -0.2) is 4.79 Å². The second kappa shape index (κ2) is 7.04. The fourth-order valence-corrected chi connectivity index (χ4v) is 2.72. The van der Waals surface area contributed by atoms with Crippen molar-refractivity contribution in [3.05, 3.63) is 60.4 Å². The Hall–Kier alpha value is -2.40. The summed E-state index contributed by atoms with van der Waals surface area (Å²) >= 11 is 0. The maximum atomic E-state index is 12.0. The smallest absolute Gasteiger partial charge is 0.319 e. The van der Waals surface area contributed by atoms with Crippen LogP contribution in [0.4, 0.5) is 10.5 Å². The molecule has 1 aromatic carbocycles. The summed E-state index contributed by atoms with van der Waals surface area (Å²) < 4.78 is 0. The Morgan fingerprint density at radius 2 is 2.09 bits per heavy atom. The van der Waals surface area contributed by atoms with E-state index in [-0.39, 0.29) is 12.1 Å². The molecule has 0 unspecified atom stereocenters. The van der Waals surface area contributed by atoms with Gasteiger partial charge in [0.2, 0.25) is 0 Å². The molecule has 2 N–H and O–H groups in total. The summed E-state index contributed by atoms with van der Waals surface area (Å²) in [5.74, 6) is 0. The first-order valence-electron chi connectivity index (χ1n) is 7.53. The third-order valence-electron chi connectivity index (χ3n) is 3.78. The van der Waals surface area contributed by atoms with Crippen molar-refractivity contribution >= 4 is 11.7 Å². The van der Waals surface area contributed by atoms with Crippen LogP contribution in [0.25, 0.3) is 0 Å². The molecular formula is C17H20N4O. The van der Waals surface area contributed by atoms with Gasteiger partial charge in [0.1, 0.15) is 0 Å². The van der Waals surface area contributed by atoms with Gasteiger partial charge in [-0.1, -0.05) is 30.3 Å². The molecule has 22 heavy (non-hydrogen) atoms. The van der Waals surface area contributed by atoms with Crippen LogP contribution in [-0.2, 0) is 6.54 Å². The van der Waals surface area contributed by atoms with Crippen LogP contribution in [0.5, 0.6) is 0 Å². The van der Waals surface area contributed by atoms with Crippen LogP contribution in [0.1, 0.15) is 12.0 Å². The summed E-state index contributed by atoms with van der Waals surface area (Å²) in [4.78, 5) is 18.3. The molecule has 1 aromatic heterocycles. The highest BCUT2D eigenvalue weighted by atomic mass is 16.2. The van der Waals surface area contributed by atoms with Gasteiger partial charge in [-0.2, -0.15) is 0 Å². The summed E-state index contributed by atoms with van der Waals surface area (Å²) in [6.07, 6.45) is 4.30. The lowest BCUT2D eigenvalue weighted by atomic mass is 10.2. The average molecular weight is 296 g/mol. The molecule has 0 radical (unpaired) electrons. The molecule has 0 aliphatic carbocycles. The lowest BCUT2D eigenvalue weighted by molar-refractivity contribution is 0.247. The Balaban J connectivity index is 1.46. The van der Waals surface area contributed by atoms with Gasteiger partial charge < -0.3 is 10.6 Å². The van der Waals surface area contributed by atoms with Crippen molar-refractivity contribution in [2.75, 3.05) is 18.4 Å². The fourth-order valence-electron chi connectivity index (χ4n) is 2.72. The summed E-state index contributed by atoms with van der Waals surface area (Å²) in [6.45, 7) is 2.82. The highest BCUT2D eigenvalue weighted by molar-refractivity contribution is 5.89. The van der Waals surface area contributed by atoms with Gasteiger partial charge in [-0.05, 0) is 24.1 Å². The molecule has 2 heterocycles. The number of carbonyl (C=O) groups excluding carboxylic acids is 1. The number of aromatic nitrogens is 1. The number of anilines is 1. The zero-order valence-corrected chi connectivity index (χ0v) is 12.4. The number of pyridine rings is 1. The van der Waals surface area contributed by atoms with E-state index in [1.165, 1.54) is 5.56 Å². The predicted molar refractivity (Wildman–Crippen MR) is 86.5 cm³/mol. The van der Waals surface area contributed by atoms with E-state index in [0.717, 1.165) is 26.1 Å². The highest BCUT2D eigenvalue weighted by Crippen LogP contribution is 2.13. The first-order valence-corrected chi connectivity index (χ1v) is 7.53. The van der Waals surface area contributed by atoms with E-state index in [0.29, 0.717) is 5.69 Å². The van der Waals surface area contributed by atoms with Crippen molar-refractivity contribution in [1.29, 1.82) is 0 Å². The number of likely N-dealkylation sites (tertiary alicyclic amines) is 1. The minimum Gasteiger partial charge on any atom is -0.334 e. The first kappa shape index (κ1) is 14.5. The van der Waals surface area contributed by atoms with Gasteiger partial charge in [-0.15, -0.1) is 0 Å². The maximum Gasteiger partial charge on any atom is 0.319 e. The van der Waals surface area contributed by atoms with Crippen LogP contribution in [-0.4, -0.2) is 35.0 Å². The second-order valence-electron chi connectivity index (χ2n) is 5.55. The quantitative estimate of drug-likeness (QED) is 0.911. The largest absolute Gasteiger partial charge is 0.334 e.